The van der Waals surface area contributed by atoms with Crippen LogP contribution in [0.2, 0.25) is 5.02 Å². The normalized spacial score (nSPS) is 10.5. The van der Waals surface area contributed by atoms with Crippen molar-refractivity contribution in [2.45, 2.75) is 6.92 Å². The smallest absolute Gasteiger partial charge is 0.0442 e. The highest BCUT2D eigenvalue weighted by Gasteiger charge is 1.97. The number of rotatable bonds is 0. The van der Waals surface area contributed by atoms with Gasteiger partial charge in [0.05, 0.1) is 0 Å². The van der Waals surface area contributed by atoms with Crippen LogP contribution in [0.5, 0.6) is 0 Å². The van der Waals surface area contributed by atoms with Gasteiger partial charge < -0.3 is 0 Å². The predicted octanol–water partition coefficient (Wildman–Crippen LogP) is 3.20. The van der Waals surface area contributed by atoms with Gasteiger partial charge in [0.1, 0.15) is 0 Å². The number of nitrogens with zero attached hydrogens (tertiary/aromatic N) is 1. The van der Waals surface area contributed by atoms with Crippen molar-refractivity contribution in [3.05, 3.63) is 41.2 Å². The number of fused-ring (bicyclic) bond motifs is 1. The maximum atomic E-state index is 5.96. The van der Waals surface area contributed by atoms with E-state index in [0.717, 1.165) is 16.0 Å². The van der Waals surface area contributed by atoms with Crippen molar-refractivity contribution in [1.82, 2.24) is 4.98 Å². The summed E-state index contributed by atoms with van der Waals surface area (Å²) in [4.78, 5) is 4.03. The third-order valence-electron chi connectivity index (χ3n) is 1.92. The lowest BCUT2D eigenvalue weighted by Crippen LogP contribution is -1.78. The molecule has 0 aliphatic carbocycles. The van der Waals surface area contributed by atoms with E-state index >= 15 is 0 Å². The van der Waals surface area contributed by atoms with Crippen LogP contribution < -0.4 is 0 Å². The van der Waals surface area contributed by atoms with Gasteiger partial charge in [-0.05, 0) is 36.1 Å². The van der Waals surface area contributed by atoms with Gasteiger partial charge in [-0.3, -0.25) is 4.98 Å². The zero-order chi connectivity index (χ0) is 8.55. The number of hydrogen-bond acceptors (Lipinski definition) is 1. The van der Waals surface area contributed by atoms with Gasteiger partial charge in [0.2, 0.25) is 0 Å². The van der Waals surface area contributed by atoms with Gasteiger partial charge in [0.25, 0.3) is 0 Å². The Morgan fingerprint density at radius 1 is 1.25 bits per heavy atom. The largest absolute Gasteiger partial charge is 0.264 e. The molecule has 1 heterocycles. The first-order chi connectivity index (χ1) is 5.77. The van der Waals surface area contributed by atoms with E-state index in [4.69, 9.17) is 11.6 Å². The molecular formula is C10H8ClN. The molecule has 60 valence electrons. The average Bonchev–Trinajstić information content (AvgIpc) is 2.07. The summed E-state index contributed by atoms with van der Waals surface area (Å²) in [6, 6.07) is 6.00. The highest BCUT2D eigenvalue weighted by atomic mass is 35.5. The Bertz CT molecular complexity index is 383. The van der Waals surface area contributed by atoms with Gasteiger partial charge in [-0.15, -0.1) is 0 Å². The van der Waals surface area contributed by atoms with E-state index in [1.54, 1.807) is 6.20 Å². The molecule has 0 atom stereocenters. The fourth-order valence-electron chi connectivity index (χ4n) is 1.22. The number of aromatic nitrogens is 1. The number of aryl methyl sites for hydroxylation is 1. The van der Waals surface area contributed by atoms with Gasteiger partial charge in [0.15, 0.2) is 0 Å². The molecule has 0 bridgehead atoms. The van der Waals surface area contributed by atoms with E-state index in [1.165, 1.54) is 5.39 Å². The predicted molar refractivity (Wildman–Crippen MR) is 51.5 cm³/mol. The number of halogens is 1. The average molecular weight is 178 g/mol. The second-order valence-electron chi connectivity index (χ2n) is 2.82. The summed E-state index contributed by atoms with van der Waals surface area (Å²) in [5, 5.41) is 3.08. The second-order valence-corrected chi connectivity index (χ2v) is 3.23. The van der Waals surface area contributed by atoms with Crippen LogP contribution >= 0.6 is 11.6 Å². The van der Waals surface area contributed by atoms with Crippen LogP contribution in [0.25, 0.3) is 10.8 Å². The van der Waals surface area contributed by atoms with Crippen LogP contribution in [0.3, 0.4) is 0 Å². The Morgan fingerprint density at radius 3 is 2.92 bits per heavy atom. The van der Waals surface area contributed by atoms with Crippen LogP contribution in [-0.2, 0) is 0 Å². The summed E-state index contributed by atoms with van der Waals surface area (Å²) in [6.07, 6.45) is 3.61. The first kappa shape index (κ1) is 7.56. The molecule has 0 aliphatic heterocycles. The van der Waals surface area contributed by atoms with Crippen molar-refractivity contribution in [2.75, 3.05) is 0 Å². The van der Waals surface area contributed by atoms with E-state index in [9.17, 15) is 0 Å². The Labute approximate surface area is 76.0 Å². The fourth-order valence-corrected chi connectivity index (χ4v) is 1.39. The Hall–Kier alpha value is -1.08. The minimum atomic E-state index is 0.801. The number of hydrogen-bond donors (Lipinski definition) is 0. The maximum absolute atomic E-state index is 5.96. The van der Waals surface area contributed by atoms with Crippen LogP contribution in [0.4, 0.5) is 0 Å². The fraction of sp³-hybridized carbons (Fsp3) is 0.100. The Morgan fingerprint density at radius 2 is 2.08 bits per heavy atom. The number of pyridine rings is 1. The quantitative estimate of drug-likeness (QED) is 0.602. The van der Waals surface area contributed by atoms with E-state index in [2.05, 4.69) is 11.1 Å². The molecule has 0 amide bonds. The van der Waals surface area contributed by atoms with Crippen molar-refractivity contribution in [2.24, 2.45) is 0 Å². The third-order valence-corrected chi connectivity index (χ3v) is 2.33. The summed E-state index contributed by atoms with van der Waals surface area (Å²) in [7, 11) is 0. The monoisotopic (exact) mass is 177 g/mol. The van der Waals surface area contributed by atoms with Crippen molar-refractivity contribution in [3.63, 3.8) is 0 Å². The van der Waals surface area contributed by atoms with E-state index in [1.807, 2.05) is 25.3 Å². The Balaban J connectivity index is 2.84. The molecule has 0 radical (unpaired) electrons. The summed E-state index contributed by atoms with van der Waals surface area (Å²) < 4.78 is 0. The molecule has 1 nitrogen and oxygen atoms in total. The second kappa shape index (κ2) is 2.76. The van der Waals surface area contributed by atoms with Gasteiger partial charge in [-0.2, -0.15) is 0 Å². The first-order valence-electron chi connectivity index (χ1n) is 3.77. The van der Waals surface area contributed by atoms with Crippen molar-refractivity contribution in [3.8, 4) is 0 Å². The Kier molecular flexibility index (Phi) is 1.74. The van der Waals surface area contributed by atoms with Crippen LogP contribution in [0.15, 0.2) is 30.6 Å². The highest BCUT2D eigenvalue weighted by molar-refractivity contribution is 6.32. The molecule has 1 aromatic heterocycles. The minimum absolute atomic E-state index is 0.801. The van der Waals surface area contributed by atoms with Crippen LogP contribution in [-0.4, -0.2) is 4.98 Å². The molecule has 0 spiro atoms. The van der Waals surface area contributed by atoms with Crippen molar-refractivity contribution < 1.29 is 0 Å². The molecular weight excluding hydrogens is 170 g/mol. The lowest BCUT2D eigenvalue weighted by atomic mass is 10.1. The molecule has 1 aromatic carbocycles. The van der Waals surface area contributed by atoms with E-state index in [0.29, 0.717) is 0 Å². The van der Waals surface area contributed by atoms with Gasteiger partial charge in [-0.1, -0.05) is 11.6 Å². The first-order valence-corrected chi connectivity index (χ1v) is 4.15. The minimum Gasteiger partial charge on any atom is -0.264 e. The van der Waals surface area contributed by atoms with Gasteiger partial charge >= 0.3 is 0 Å². The molecule has 0 N–H and O–H groups in total. The molecule has 0 unspecified atom stereocenters. The molecule has 0 fully saturated rings. The van der Waals surface area contributed by atoms with Crippen molar-refractivity contribution >= 4 is 22.4 Å². The molecule has 0 saturated heterocycles. The summed E-state index contributed by atoms with van der Waals surface area (Å²) in [5.41, 5.74) is 1.11. The topological polar surface area (TPSA) is 12.9 Å². The number of benzene rings is 1. The standard InChI is InChI=1S/C10H8ClN/c1-7-4-8-2-3-12-6-9(8)5-10(7)11/h2-6H,1H3. The highest BCUT2D eigenvalue weighted by Crippen LogP contribution is 2.22. The van der Waals surface area contributed by atoms with Gasteiger partial charge in [0, 0.05) is 22.8 Å². The van der Waals surface area contributed by atoms with E-state index in [-0.39, 0.29) is 0 Å². The van der Waals surface area contributed by atoms with Gasteiger partial charge in [-0.25, -0.2) is 0 Å². The zero-order valence-corrected chi connectivity index (χ0v) is 7.47. The zero-order valence-electron chi connectivity index (χ0n) is 6.71. The maximum Gasteiger partial charge on any atom is 0.0442 e. The summed E-state index contributed by atoms with van der Waals surface area (Å²) >= 11 is 5.96. The lowest BCUT2D eigenvalue weighted by molar-refractivity contribution is 1.36. The van der Waals surface area contributed by atoms with Crippen LogP contribution in [0.1, 0.15) is 5.56 Å². The summed E-state index contributed by atoms with van der Waals surface area (Å²) in [5.74, 6) is 0. The molecule has 2 rings (SSSR count). The third kappa shape index (κ3) is 1.16. The SMILES string of the molecule is Cc1cc2ccncc2cc1Cl. The summed E-state index contributed by atoms with van der Waals surface area (Å²) in [6.45, 7) is 2.00. The molecule has 2 aromatic rings. The van der Waals surface area contributed by atoms with E-state index < -0.39 is 0 Å². The van der Waals surface area contributed by atoms with Crippen molar-refractivity contribution in [1.29, 1.82) is 0 Å². The molecule has 0 saturated carbocycles. The lowest BCUT2D eigenvalue weighted by Gasteiger charge is -2.00. The van der Waals surface area contributed by atoms with Crippen LogP contribution in [0, 0.1) is 6.92 Å². The molecule has 12 heavy (non-hydrogen) atoms. The molecule has 2 heteroatoms. The molecule has 0 aliphatic rings.